The van der Waals surface area contributed by atoms with Gasteiger partial charge in [-0.15, -0.1) is 0 Å². The number of benzene rings is 1. The van der Waals surface area contributed by atoms with Gasteiger partial charge >= 0.3 is 11.9 Å². The summed E-state index contributed by atoms with van der Waals surface area (Å²) in [6.07, 6.45) is 4.83. The van der Waals surface area contributed by atoms with Gasteiger partial charge in [-0.1, -0.05) is 43.2 Å². The molecule has 2 fully saturated rings. The molecule has 1 saturated carbocycles. The Morgan fingerprint density at radius 3 is 2.57 bits per heavy atom. The van der Waals surface area contributed by atoms with Crippen LogP contribution < -0.4 is 5.32 Å². The Balaban J connectivity index is 1.74. The maximum atomic E-state index is 13.3. The quantitative estimate of drug-likeness (QED) is 0.632. The van der Waals surface area contributed by atoms with Crippen molar-refractivity contribution < 1.29 is 24.2 Å². The Labute approximate surface area is 177 Å². The summed E-state index contributed by atoms with van der Waals surface area (Å²) in [5.41, 5.74) is 0.958. The molecule has 5 atom stereocenters. The van der Waals surface area contributed by atoms with E-state index in [9.17, 15) is 19.5 Å². The Morgan fingerprint density at radius 2 is 1.90 bits per heavy atom. The number of hydrogen-bond acceptors (Lipinski definition) is 5. The normalized spacial score (nSPS) is 25.3. The van der Waals surface area contributed by atoms with Gasteiger partial charge in [0.25, 0.3) is 0 Å². The molecule has 0 bridgehead atoms. The molecule has 1 aromatic carbocycles. The summed E-state index contributed by atoms with van der Waals surface area (Å²) >= 11 is 0. The van der Waals surface area contributed by atoms with Crippen LogP contribution in [0.2, 0.25) is 0 Å². The number of rotatable bonds is 8. The lowest BCUT2D eigenvalue weighted by Crippen LogP contribution is -2.56. The van der Waals surface area contributed by atoms with E-state index < -0.39 is 30.1 Å². The van der Waals surface area contributed by atoms with Crippen molar-refractivity contribution in [1.29, 1.82) is 0 Å². The van der Waals surface area contributed by atoms with E-state index in [1.165, 1.54) is 0 Å². The summed E-state index contributed by atoms with van der Waals surface area (Å²) in [5.74, 6) is -1.36. The number of ether oxygens (including phenoxy) is 1. The molecule has 0 aromatic heterocycles. The van der Waals surface area contributed by atoms with Crippen LogP contribution in [0.3, 0.4) is 0 Å². The van der Waals surface area contributed by atoms with Gasteiger partial charge in [-0.2, -0.15) is 0 Å². The fraction of sp³-hybridized carbons (Fsp3) is 0.609. The smallest absolute Gasteiger partial charge is 0.326 e. The Bertz CT molecular complexity index is 753. The highest BCUT2D eigenvalue weighted by Gasteiger charge is 2.48. The number of carbonyl (C=O) groups excluding carboxylic acids is 2. The highest BCUT2D eigenvalue weighted by molar-refractivity contribution is 5.88. The maximum Gasteiger partial charge on any atom is 0.326 e. The molecule has 1 aliphatic heterocycles. The molecule has 1 amide bonds. The first-order valence-corrected chi connectivity index (χ1v) is 10.9. The van der Waals surface area contributed by atoms with Gasteiger partial charge in [0, 0.05) is 6.04 Å². The number of nitrogens with zero attached hydrogens (tertiary/aromatic N) is 1. The van der Waals surface area contributed by atoms with Crippen molar-refractivity contribution in [2.45, 2.75) is 76.5 Å². The van der Waals surface area contributed by atoms with Crippen molar-refractivity contribution in [1.82, 2.24) is 10.2 Å². The van der Waals surface area contributed by atoms with Crippen molar-refractivity contribution >= 4 is 17.8 Å². The molecule has 1 aliphatic carbocycles. The average Bonchev–Trinajstić information content (AvgIpc) is 3.13. The number of carboxylic acids is 1. The summed E-state index contributed by atoms with van der Waals surface area (Å²) in [5, 5.41) is 12.8. The summed E-state index contributed by atoms with van der Waals surface area (Å²) in [6.45, 7) is 3.71. The van der Waals surface area contributed by atoms with Gasteiger partial charge in [0.2, 0.25) is 5.91 Å². The lowest BCUT2D eigenvalue weighted by Gasteiger charge is -2.35. The van der Waals surface area contributed by atoms with Crippen LogP contribution in [0.25, 0.3) is 0 Å². The van der Waals surface area contributed by atoms with Gasteiger partial charge in [0.1, 0.15) is 12.1 Å². The van der Waals surface area contributed by atoms with Crippen LogP contribution in [0.1, 0.15) is 51.5 Å². The van der Waals surface area contributed by atoms with Crippen LogP contribution in [0.15, 0.2) is 30.3 Å². The summed E-state index contributed by atoms with van der Waals surface area (Å²) in [4.78, 5) is 39.3. The van der Waals surface area contributed by atoms with Gasteiger partial charge in [-0.25, -0.2) is 4.79 Å². The van der Waals surface area contributed by atoms with E-state index in [1.54, 1.807) is 18.7 Å². The molecule has 30 heavy (non-hydrogen) atoms. The minimum atomic E-state index is -0.948. The number of likely N-dealkylation sites (tertiary alicyclic amines) is 1. The number of fused-ring (bicyclic) bond motifs is 1. The monoisotopic (exact) mass is 416 g/mol. The third-order valence-corrected chi connectivity index (χ3v) is 6.30. The van der Waals surface area contributed by atoms with Crippen molar-refractivity contribution in [3.8, 4) is 0 Å². The third kappa shape index (κ3) is 5.01. The summed E-state index contributed by atoms with van der Waals surface area (Å²) in [7, 11) is 0. The van der Waals surface area contributed by atoms with E-state index in [4.69, 9.17) is 4.74 Å². The zero-order chi connectivity index (χ0) is 21.7. The maximum absolute atomic E-state index is 13.3. The van der Waals surface area contributed by atoms with Crippen LogP contribution in [-0.4, -0.2) is 58.6 Å². The molecule has 164 valence electrons. The first-order chi connectivity index (χ1) is 14.4. The van der Waals surface area contributed by atoms with Crippen LogP contribution in [0.5, 0.6) is 0 Å². The van der Waals surface area contributed by atoms with Crippen molar-refractivity contribution in [2.24, 2.45) is 5.92 Å². The zero-order valence-corrected chi connectivity index (χ0v) is 17.8. The van der Waals surface area contributed by atoms with Crippen molar-refractivity contribution in [3.05, 3.63) is 35.9 Å². The lowest BCUT2D eigenvalue weighted by molar-refractivity contribution is -0.151. The molecular weight excluding hydrogens is 384 g/mol. The second-order valence-corrected chi connectivity index (χ2v) is 8.33. The SMILES string of the molecule is CCOC(=O)C(Cc1ccccc1)N[C@@H](C)C(=O)N1C(C(=O)O)CC2CCCCC21. The molecular formula is C23H32N2O5. The topological polar surface area (TPSA) is 95.9 Å². The second-order valence-electron chi connectivity index (χ2n) is 8.33. The number of carboxylic acid groups (broad SMARTS) is 1. The Kier molecular flexibility index (Phi) is 7.48. The molecule has 7 nitrogen and oxygen atoms in total. The van der Waals surface area contributed by atoms with Crippen molar-refractivity contribution in [2.75, 3.05) is 6.61 Å². The van der Waals surface area contributed by atoms with Crippen LogP contribution >= 0.6 is 0 Å². The first-order valence-electron chi connectivity index (χ1n) is 10.9. The van der Waals surface area contributed by atoms with E-state index in [0.717, 1.165) is 31.2 Å². The molecule has 4 unspecified atom stereocenters. The van der Waals surface area contributed by atoms with Gasteiger partial charge in [-0.3, -0.25) is 14.9 Å². The van der Waals surface area contributed by atoms with Crippen LogP contribution in [-0.2, 0) is 25.5 Å². The molecule has 0 radical (unpaired) electrons. The molecule has 1 heterocycles. The molecule has 2 aliphatic rings. The Hall–Kier alpha value is -2.41. The fourth-order valence-corrected chi connectivity index (χ4v) is 4.90. The fourth-order valence-electron chi connectivity index (χ4n) is 4.90. The average molecular weight is 417 g/mol. The minimum Gasteiger partial charge on any atom is -0.480 e. The van der Waals surface area contributed by atoms with E-state index >= 15 is 0 Å². The van der Waals surface area contributed by atoms with Crippen LogP contribution in [0, 0.1) is 5.92 Å². The number of nitrogens with one attached hydrogen (secondary N) is 1. The number of esters is 1. The van der Waals surface area contributed by atoms with E-state index in [0.29, 0.717) is 12.8 Å². The zero-order valence-electron chi connectivity index (χ0n) is 17.8. The molecule has 2 N–H and O–H groups in total. The predicted octanol–water partition coefficient (Wildman–Crippen LogP) is 2.38. The molecule has 3 rings (SSSR count). The highest BCUT2D eigenvalue weighted by Crippen LogP contribution is 2.40. The standard InChI is InChI=1S/C23H32N2O5/c1-3-30-23(29)18(13-16-9-5-4-6-10-16)24-15(2)21(26)25-19-12-8-7-11-17(19)14-20(25)22(27)28/h4-6,9-10,15,17-20,24H,3,7-8,11-14H2,1-2H3,(H,27,28)/t15-,17?,18?,19?,20?/m0/s1. The molecule has 0 spiro atoms. The third-order valence-electron chi connectivity index (χ3n) is 6.30. The number of hydrogen-bond donors (Lipinski definition) is 2. The summed E-state index contributed by atoms with van der Waals surface area (Å²) in [6, 6.07) is 7.38. The van der Waals surface area contributed by atoms with Gasteiger partial charge < -0.3 is 14.7 Å². The number of amides is 1. The minimum absolute atomic E-state index is 0.0215. The Morgan fingerprint density at radius 1 is 1.20 bits per heavy atom. The van der Waals surface area contributed by atoms with Gasteiger partial charge in [-0.05, 0) is 51.0 Å². The highest BCUT2D eigenvalue weighted by atomic mass is 16.5. The second kappa shape index (κ2) is 10.1. The van der Waals surface area contributed by atoms with E-state index in [2.05, 4.69) is 5.32 Å². The van der Waals surface area contributed by atoms with Gasteiger partial charge in [0.05, 0.1) is 12.6 Å². The largest absolute Gasteiger partial charge is 0.480 e. The molecule has 1 aromatic rings. The predicted molar refractivity (Wildman–Crippen MR) is 112 cm³/mol. The van der Waals surface area contributed by atoms with Gasteiger partial charge in [0.15, 0.2) is 0 Å². The van der Waals surface area contributed by atoms with Crippen molar-refractivity contribution in [3.63, 3.8) is 0 Å². The van der Waals surface area contributed by atoms with E-state index in [-0.39, 0.29) is 24.5 Å². The molecule has 7 heteroatoms. The first kappa shape index (κ1) is 22.3. The summed E-state index contributed by atoms with van der Waals surface area (Å²) < 4.78 is 5.21. The number of aliphatic carboxylic acids is 1. The lowest BCUT2D eigenvalue weighted by atomic mass is 9.84. The van der Waals surface area contributed by atoms with Crippen LogP contribution in [0.4, 0.5) is 0 Å². The number of carbonyl (C=O) groups is 3. The van der Waals surface area contributed by atoms with E-state index in [1.807, 2.05) is 30.3 Å². The molecule has 1 saturated heterocycles.